The molecule has 0 spiro atoms. The van der Waals surface area contributed by atoms with Gasteiger partial charge in [0.1, 0.15) is 44.8 Å². The van der Waals surface area contributed by atoms with Crippen LogP contribution in [0.15, 0.2) is 99.2 Å². The average Bonchev–Trinajstić information content (AvgIpc) is 0.856. The van der Waals surface area contributed by atoms with Crippen LogP contribution in [0.25, 0.3) is 0 Å². The van der Waals surface area contributed by atoms with E-state index in [0.29, 0.717) is 40.0 Å². The summed E-state index contributed by atoms with van der Waals surface area (Å²) in [6.45, 7) is 59.5. The van der Waals surface area contributed by atoms with E-state index in [2.05, 4.69) is 129 Å². The molecule has 23 aliphatic rings. The number of unbranched alkanes of at least 4 members (excludes halogenated alkanes) is 2. The van der Waals surface area contributed by atoms with Crippen molar-refractivity contribution >= 4 is 47.8 Å². The second-order valence-corrected chi connectivity index (χ2v) is 54.0. The Bertz CT molecular complexity index is 4400. The molecule has 23 saturated carbocycles. The van der Waals surface area contributed by atoms with Crippen molar-refractivity contribution < 1.29 is 76.3 Å². The zero-order chi connectivity index (χ0) is 104. The number of carbonyl (C=O) groups is 8. The molecule has 16 heteroatoms. The smallest absolute Gasteiger partial charge is 0.333 e. The molecule has 0 radical (unpaired) electrons. The molecule has 0 aliphatic heterocycles. The number of hydrogen-bond donors (Lipinski definition) is 0. The van der Waals surface area contributed by atoms with Gasteiger partial charge in [-0.1, -0.05) is 176 Å². The predicted molar refractivity (Wildman–Crippen MR) is 577 cm³/mol. The van der Waals surface area contributed by atoms with Gasteiger partial charge in [-0.2, -0.15) is 0 Å². The van der Waals surface area contributed by atoms with Crippen LogP contribution in [0.3, 0.4) is 0 Å². The lowest BCUT2D eigenvalue weighted by Crippen LogP contribution is -2.58. The van der Waals surface area contributed by atoms with Gasteiger partial charge in [-0.05, 0) is 453 Å². The summed E-state index contributed by atoms with van der Waals surface area (Å²) in [6.07, 6.45) is 77.6. The molecule has 23 rings (SSSR count). The molecule has 0 N–H and O–H groups in total. The third-order valence-corrected chi connectivity index (χ3v) is 42.6. The van der Waals surface area contributed by atoms with Gasteiger partial charge in [0.15, 0.2) is 0 Å². The van der Waals surface area contributed by atoms with Crippen molar-refractivity contribution in [2.45, 2.75) is 515 Å². The Morgan fingerprint density at radius 2 is 0.604 bits per heavy atom. The van der Waals surface area contributed by atoms with Crippen molar-refractivity contribution in [3.63, 3.8) is 0 Å². The number of esters is 8. The van der Waals surface area contributed by atoms with Crippen molar-refractivity contribution in [2.24, 2.45) is 141 Å². The maximum atomic E-state index is 12.3. The van der Waals surface area contributed by atoms with Crippen LogP contribution in [0, 0.1) is 141 Å². The van der Waals surface area contributed by atoms with E-state index in [-0.39, 0.29) is 109 Å². The van der Waals surface area contributed by atoms with Gasteiger partial charge in [-0.25, -0.2) is 38.4 Å². The first-order chi connectivity index (χ1) is 68.1. The highest BCUT2D eigenvalue weighted by molar-refractivity contribution is 5.89. The van der Waals surface area contributed by atoms with Gasteiger partial charge in [0.05, 0.1) is 0 Å². The standard InChI is InChI=1S/C20H32O2.C19H30O2.C16H24O2.C15H22O2.2C15H24O2.2C14H22O2/c1-5-6-7-19(4,22-18(21)14(2)3)20-11-15-8-16(12-20)10-17(9-15)13-20;1-4-6-7-18(3,21-17(20)5-2)19-11-14-8-15(12-19)10-16(9-14)13-19;1-4-14(17)18-15(2,3)16-8-11-5-12(9-16)7-13(6-11)10-16;1-9(2)14(16)17-15(3)8-10-7-13(15)12-6-4-5-11(10)12;1-11(2)14(16)17-15(3)10-6-8-12-7-4-5-9-13(12)15;1-11(2)14(16)17-15(3)9-8-12-6-4-5-7-13(12)10-15;1-3-13(15)16-14(2)10-6-8-11-7-4-5-9-12(11)14;1-3-13(15)16-14(2)9-8-11-6-4-5-7-12(11)10-14/h15-17H,2,5-13H2,1,3-4H3;5,14-16H,2,4,6-13H2,1,3H3;4,11-13H,1,5-10H2,2-3H3;10-13H,1,4-8H2,2-3H3;2*12-13H,1,4-10H2,2-3H3;2*3,11-12H,1,4-10H2,2H3. The van der Waals surface area contributed by atoms with E-state index in [9.17, 15) is 38.4 Å². The maximum Gasteiger partial charge on any atom is 0.333 e. The summed E-state index contributed by atoms with van der Waals surface area (Å²) in [7, 11) is 0. The molecule has 14 bridgehead atoms. The Balaban J connectivity index is 0.000000138. The third kappa shape index (κ3) is 27.2. The number of ether oxygens (including phenoxy) is 8. The van der Waals surface area contributed by atoms with Crippen LogP contribution in [0.5, 0.6) is 0 Å². The quantitative estimate of drug-likeness (QED) is 0.0472. The minimum Gasteiger partial charge on any atom is -0.456 e. The van der Waals surface area contributed by atoms with Gasteiger partial charge >= 0.3 is 47.8 Å². The van der Waals surface area contributed by atoms with E-state index in [0.717, 1.165) is 190 Å². The second-order valence-electron chi connectivity index (χ2n) is 54.0. The fourth-order valence-electron chi connectivity index (χ4n) is 36.3. The SMILES string of the molecule is C=C(C)C(=O)OC(C)(CCCC)C12CC3CC(CC(C3)C1)C2.C=C(C)C(=O)OC1(C)CC2CC1C1CCCC21.C=C(C)C(=O)OC1(C)CCC2CCCCC2C1.C=C(C)C(=O)OC1(C)CCCC2CCCCC21.C=CC(=O)OC(C)(C)C12CC3CC(CC(C3)C1)C2.C=CC(=O)OC(C)(CCCC)C12CC3CC(CC(C3)C1)C2.C=CC(=O)OC1(C)CCC2CCCCC2C1.C=CC(=O)OC1(C)CCCC2CCCCC21. The van der Waals surface area contributed by atoms with Crippen LogP contribution in [0.1, 0.15) is 470 Å². The van der Waals surface area contributed by atoms with Gasteiger partial charge in [-0.15, -0.1) is 0 Å². The van der Waals surface area contributed by atoms with Crippen molar-refractivity contribution in [1.29, 1.82) is 0 Å². The fraction of sp³-hybridized carbons (Fsp3) is 0.812. The van der Waals surface area contributed by atoms with E-state index in [1.54, 1.807) is 27.7 Å². The number of rotatable bonds is 25. The average molecular weight is 1990 g/mol. The molecule has 808 valence electrons. The molecule has 23 fully saturated rings. The minimum absolute atomic E-state index is 0.186. The first-order valence-electron chi connectivity index (χ1n) is 59.1. The molecule has 0 aromatic heterocycles. The summed E-state index contributed by atoms with van der Waals surface area (Å²) in [4.78, 5) is 93.7. The van der Waals surface area contributed by atoms with Gasteiger partial charge in [0.25, 0.3) is 0 Å². The Kier molecular flexibility index (Phi) is 38.7. The minimum atomic E-state index is -0.339. The first kappa shape index (κ1) is 115. The highest BCUT2D eigenvalue weighted by Gasteiger charge is 2.65. The van der Waals surface area contributed by atoms with Crippen LogP contribution >= 0.6 is 0 Å². The Hall–Kier alpha value is -6.32. The zero-order valence-corrected chi connectivity index (χ0v) is 93.4. The molecule has 23 aliphatic carbocycles. The topological polar surface area (TPSA) is 210 Å². The van der Waals surface area contributed by atoms with Crippen molar-refractivity contribution in [3.8, 4) is 0 Å². The molecule has 0 aromatic carbocycles. The molecule has 0 heterocycles. The number of hydrogen-bond acceptors (Lipinski definition) is 16. The molecule has 0 aromatic rings. The van der Waals surface area contributed by atoms with E-state index in [1.807, 2.05) is 0 Å². The second kappa shape index (κ2) is 48.5. The van der Waals surface area contributed by atoms with Gasteiger partial charge in [0.2, 0.25) is 0 Å². The van der Waals surface area contributed by atoms with E-state index in [4.69, 9.17) is 37.9 Å². The summed E-state index contributed by atoms with van der Waals surface area (Å²) >= 11 is 0. The molecular weight excluding hydrogens is 1790 g/mol. The largest absolute Gasteiger partial charge is 0.456 e. The van der Waals surface area contributed by atoms with Crippen LogP contribution < -0.4 is 0 Å². The molecular formula is C128H200O16. The highest BCUT2D eigenvalue weighted by Crippen LogP contribution is 2.70. The fourth-order valence-corrected chi connectivity index (χ4v) is 36.3. The van der Waals surface area contributed by atoms with E-state index >= 15 is 0 Å². The summed E-state index contributed by atoms with van der Waals surface area (Å²) in [5.41, 5.74) is 0.745. The van der Waals surface area contributed by atoms with Gasteiger partial charge in [0, 0.05) is 80.6 Å². The zero-order valence-electron chi connectivity index (χ0n) is 93.4. The van der Waals surface area contributed by atoms with Crippen LogP contribution in [-0.4, -0.2) is 92.6 Å². The number of carbonyl (C=O) groups excluding carboxylic acids is 8. The Morgan fingerprint density at radius 1 is 0.285 bits per heavy atom. The molecule has 0 amide bonds. The predicted octanol–water partition coefficient (Wildman–Crippen LogP) is 31.8. The number of fused-ring (bicyclic) bond motifs is 9. The molecule has 19 atom stereocenters. The Labute approximate surface area is 873 Å². The Morgan fingerprint density at radius 3 is 0.993 bits per heavy atom. The summed E-state index contributed by atoms with van der Waals surface area (Å²) < 4.78 is 46.2. The van der Waals surface area contributed by atoms with Crippen LogP contribution in [0.2, 0.25) is 0 Å². The summed E-state index contributed by atoms with van der Waals surface area (Å²) in [5, 5.41) is 0. The molecule has 0 saturated heterocycles. The maximum absolute atomic E-state index is 12.3. The van der Waals surface area contributed by atoms with E-state index in [1.165, 1.54) is 307 Å². The third-order valence-electron chi connectivity index (χ3n) is 42.6. The molecule has 16 nitrogen and oxygen atoms in total. The van der Waals surface area contributed by atoms with Crippen LogP contribution in [0.4, 0.5) is 0 Å². The summed E-state index contributed by atoms with van der Waals surface area (Å²) in [6, 6.07) is 0. The lowest BCUT2D eigenvalue weighted by Gasteiger charge is -2.62. The lowest BCUT2D eigenvalue weighted by molar-refractivity contribution is -0.203. The van der Waals surface area contributed by atoms with Gasteiger partial charge < -0.3 is 37.9 Å². The highest BCUT2D eigenvalue weighted by atomic mass is 16.6. The molecule has 144 heavy (non-hydrogen) atoms. The first-order valence-corrected chi connectivity index (χ1v) is 59.1. The van der Waals surface area contributed by atoms with Crippen molar-refractivity contribution in [3.05, 3.63) is 99.2 Å². The van der Waals surface area contributed by atoms with Gasteiger partial charge in [-0.3, -0.25) is 0 Å². The molecule has 19 unspecified atom stereocenters. The summed E-state index contributed by atoms with van der Waals surface area (Å²) in [5.74, 6) is 15.4. The normalized spacial score (nSPS) is 39.8. The van der Waals surface area contributed by atoms with Crippen LogP contribution in [-0.2, 0) is 76.3 Å². The van der Waals surface area contributed by atoms with Crippen molar-refractivity contribution in [1.82, 2.24) is 0 Å². The lowest BCUT2D eigenvalue weighted by atomic mass is 9.45. The monoisotopic (exact) mass is 1990 g/mol. The van der Waals surface area contributed by atoms with E-state index < -0.39 is 0 Å². The van der Waals surface area contributed by atoms with Crippen molar-refractivity contribution in [2.75, 3.05) is 0 Å².